The third kappa shape index (κ3) is 2.67. The van der Waals surface area contributed by atoms with Gasteiger partial charge in [-0.2, -0.15) is 0 Å². The number of carbonyl (C=O) groups excluding carboxylic acids is 1. The highest BCUT2D eigenvalue weighted by Gasteiger charge is 2.31. The summed E-state index contributed by atoms with van der Waals surface area (Å²) in [5.74, 6) is -0.457. The Bertz CT molecular complexity index is 508. The molecule has 2 aliphatic heterocycles. The van der Waals surface area contributed by atoms with E-state index < -0.39 is 0 Å². The SMILES string of the molecule is O=C(c1cc(F)ccc1Br)N1CCC2CCC(C1)N2. The van der Waals surface area contributed by atoms with Crippen molar-refractivity contribution in [2.24, 2.45) is 0 Å². The number of nitrogens with one attached hydrogen (secondary N) is 1. The fourth-order valence-corrected chi connectivity index (χ4v) is 3.38. The van der Waals surface area contributed by atoms with Crippen molar-refractivity contribution in [2.75, 3.05) is 13.1 Å². The number of hydrogen-bond donors (Lipinski definition) is 1. The van der Waals surface area contributed by atoms with Crippen molar-refractivity contribution in [1.29, 1.82) is 0 Å². The molecule has 1 amide bonds. The second-order valence-electron chi connectivity index (χ2n) is 5.30. The van der Waals surface area contributed by atoms with Crippen molar-refractivity contribution in [3.63, 3.8) is 0 Å². The Balaban J connectivity index is 1.81. The number of halogens is 2. The number of hydrogen-bond acceptors (Lipinski definition) is 2. The summed E-state index contributed by atoms with van der Waals surface area (Å²) in [5, 5.41) is 3.54. The van der Waals surface area contributed by atoms with Crippen molar-refractivity contribution in [1.82, 2.24) is 10.2 Å². The van der Waals surface area contributed by atoms with Gasteiger partial charge in [-0.15, -0.1) is 0 Å². The molecule has 102 valence electrons. The predicted octanol–water partition coefficient (Wildman–Crippen LogP) is 2.55. The van der Waals surface area contributed by atoms with E-state index in [1.54, 1.807) is 6.07 Å². The normalized spacial score (nSPS) is 26.3. The van der Waals surface area contributed by atoms with Crippen LogP contribution < -0.4 is 5.32 Å². The van der Waals surface area contributed by atoms with Gasteiger partial charge in [0.2, 0.25) is 0 Å². The number of amides is 1. The molecular formula is C14H16BrFN2O. The topological polar surface area (TPSA) is 32.3 Å². The van der Waals surface area contributed by atoms with E-state index >= 15 is 0 Å². The summed E-state index contributed by atoms with van der Waals surface area (Å²) in [6.45, 7) is 1.47. The number of likely N-dealkylation sites (tertiary alicyclic amines) is 1. The largest absolute Gasteiger partial charge is 0.337 e. The molecule has 1 N–H and O–H groups in total. The van der Waals surface area contributed by atoms with Crippen LogP contribution in [0.5, 0.6) is 0 Å². The minimum absolute atomic E-state index is 0.0827. The van der Waals surface area contributed by atoms with Gasteiger partial charge < -0.3 is 10.2 Å². The molecule has 2 fully saturated rings. The minimum Gasteiger partial charge on any atom is -0.337 e. The summed E-state index contributed by atoms with van der Waals surface area (Å²) >= 11 is 3.33. The summed E-state index contributed by atoms with van der Waals surface area (Å²) in [6, 6.07) is 5.18. The monoisotopic (exact) mass is 326 g/mol. The lowest BCUT2D eigenvalue weighted by atomic mass is 10.1. The number of rotatable bonds is 1. The molecular weight excluding hydrogens is 311 g/mol. The van der Waals surface area contributed by atoms with E-state index in [1.165, 1.54) is 18.6 Å². The van der Waals surface area contributed by atoms with Gasteiger partial charge in [-0.1, -0.05) is 0 Å². The lowest BCUT2D eigenvalue weighted by Crippen LogP contribution is -2.39. The Morgan fingerprint density at radius 3 is 2.95 bits per heavy atom. The Kier molecular flexibility index (Phi) is 3.58. The molecule has 2 heterocycles. The first-order valence-corrected chi connectivity index (χ1v) is 7.43. The van der Waals surface area contributed by atoms with Crippen LogP contribution in [0.1, 0.15) is 29.6 Å². The molecule has 2 bridgehead atoms. The molecule has 3 nitrogen and oxygen atoms in total. The molecule has 19 heavy (non-hydrogen) atoms. The smallest absolute Gasteiger partial charge is 0.255 e. The molecule has 0 saturated carbocycles. The van der Waals surface area contributed by atoms with E-state index in [9.17, 15) is 9.18 Å². The first-order valence-electron chi connectivity index (χ1n) is 6.64. The third-order valence-corrected chi connectivity index (χ3v) is 4.66. The molecule has 1 aromatic carbocycles. The van der Waals surface area contributed by atoms with Crippen LogP contribution in [0.4, 0.5) is 4.39 Å². The standard InChI is InChI=1S/C14H16BrFN2O/c15-13-4-1-9(16)7-12(13)14(19)18-6-5-10-2-3-11(8-18)17-10/h1,4,7,10-11,17H,2-3,5-6,8H2. The third-order valence-electron chi connectivity index (χ3n) is 3.97. The molecule has 2 aliphatic rings. The fraction of sp³-hybridized carbons (Fsp3) is 0.500. The fourth-order valence-electron chi connectivity index (χ4n) is 2.96. The van der Waals surface area contributed by atoms with Gasteiger partial charge in [0.15, 0.2) is 0 Å². The molecule has 5 heteroatoms. The second-order valence-corrected chi connectivity index (χ2v) is 6.16. The van der Waals surface area contributed by atoms with Gasteiger partial charge in [-0.3, -0.25) is 4.79 Å². The van der Waals surface area contributed by atoms with Gasteiger partial charge in [0, 0.05) is 29.6 Å². The maximum absolute atomic E-state index is 13.3. The van der Waals surface area contributed by atoms with E-state index in [0.29, 0.717) is 22.1 Å². The zero-order valence-corrected chi connectivity index (χ0v) is 12.1. The van der Waals surface area contributed by atoms with Crippen LogP contribution >= 0.6 is 15.9 Å². The average Bonchev–Trinajstić information content (AvgIpc) is 2.71. The molecule has 2 atom stereocenters. The second kappa shape index (κ2) is 5.21. The molecule has 0 aromatic heterocycles. The Morgan fingerprint density at radius 1 is 1.32 bits per heavy atom. The van der Waals surface area contributed by atoms with Crippen molar-refractivity contribution >= 4 is 21.8 Å². The highest BCUT2D eigenvalue weighted by molar-refractivity contribution is 9.10. The van der Waals surface area contributed by atoms with Gasteiger partial charge >= 0.3 is 0 Å². The van der Waals surface area contributed by atoms with E-state index in [1.807, 2.05) is 4.90 Å². The summed E-state index contributed by atoms with van der Waals surface area (Å²) < 4.78 is 14.0. The van der Waals surface area contributed by atoms with Crippen molar-refractivity contribution < 1.29 is 9.18 Å². The van der Waals surface area contributed by atoms with Crippen LogP contribution in [0.2, 0.25) is 0 Å². The predicted molar refractivity (Wildman–Crippen MR) is 74.6 cm³/mol. The molecule has 0 aliphatic carbocycles. The lowest BCUT2D eigenvalue weighted by molar-refractivity contribution is 0.0746. The number of fused-ring (bicyclic) bond motifs is 2. The molecule has 2 unspecified atom stereocenters. The molecule has 3 rings (SSSR count). The van der Waals surface area contributed by atoms with Crippen LogP contribution in [0.25, 0.3) is 0 Å². The summed E-state index contributed by atoms with van der Waals surface area (Å²) in [4.78, 5) is 14.3. The van der Waals surface area contributed by atoms with Gasteiger partial charge in [0.05, 0.1) is 5.56 Å². The van der Waals surface area contributed by atoms with Crippen molar-refractivity contribution in [3.05, 3.63) is 34.1 Å². The summed E-state index contributed by atoms with van der Waals surface area (Å²) in [5.41, 5.74) is 0.415. The summed E-state index contributed by atoms with van der Waals surface area (Å²) in [7, 11) is 0. The first kappa shape index (κ1) is 13.1. The number of nitrogens with zero attached hydrogens (tertiary/aromatic N) is 1. The van der Waals surface area contributed by atoms with E-state index in [2.05, 4.69) is 21.2 Å². The van der Waals surface area contributed by atoms with Gasteiger partial charge in [0.25, 0.3) is 5.91 Å². The Morgan fingerprint density at radius 2 is 2.11 bits per heavy atom. The lowest BCUT2D eigenvalue weighted by Gasteiger charge is -2.24. The summed E-state index contributed by atoms with van der Waals surface area (Å²) in [6.07, 6.45) is 3.31. The van der Waals surface area contributed by atoms with E-state index in [0.717, 1.165) is 25.9 Å². The van der Waals surface area contributed by atoms with Crippen LogP contribution in [-0.4, -0.2) is 36.0 Å². The van der Waals surface area contributed by atoms with Crippen LogP contribution in [-0.2, 0) is 0 Å². The van der Waals surface area contributed by atoms with Gasteiger partial charge in [-0.25, -0.2) is 4.39 Å². The molecule has 1 aromatic rings. The highest BCUT2D eigenvalue weighted by Crippen LogP contribution is 2.24. The quantitative estimate of drug-likeness (QED) is 0.860. The van der Waals surface area contributed by atoms with Crippen molar-refractivity contribution in [2.45, 2.75) is 31.3 Å². The Labute approximate surface area is 120 Å². The van der Waals surface area contributed by atoms with E-state index in [4.69, 9.17) is 0 Å². The van der Waals surface area contributed by atoms with Crippen LogP contribution in [0, 0.1) is 5.82 Å². The van der Waals surface area contributed by atoms with Crippen LogP contribution in [0.3, 0.4) is 0 Å². The van der Waals surface area contributed by atoms with E-state index in [-0.39, 0.29) is 11.7 Å². The Hall–Kier alpha value is -0.940. The number of carbonyl (C=O) groups is 1. The maximum Gasteiger partial charge on any atom is 0.255 e. The molecule has 0 spiro atoms. The average molecular weight is 327 g/mol. The van der Waals surface area contributed by atoms with Gasteiger partial charge in [0.1, 0.15) is 5.82 Å². The number of benzene rings is 1. The zero-order valence-electron chi connectivity index (χ0n) is 10.5. The minimum atomic E-state index is -0.374. The molecule has 2 saturated heterocycles. The van der Waals surface area contributed by atoms with Crippen molar-refractivity contribution in [3.8, 4) is 0 Å². The first-order chi connectivity index (χ1) is 9.13. The van der Waals surface area contributed by atoms with Gasteiger partial charge in [-0.05, 0) is 53.4 Å². The zero-order chi connectivity index (χ0) is 13.4. The van der Waals surface area contributed by atoms with Crippen LogP contribution in [0.15, 0.2) is 22.7 Å². The maximum atomic E-state index is 13.3. The molecule has 0 radical (unpaired) electrons. The highest BCUT2D eigenvalue weighted by atomic mass is 79.9.